The number of aromatic amines is 1. The average molecular weight is 251 g/mol. The summed E-state index contributed by atoms with van der Waals surface area (Å²) >= 11 is 5.16. The van der Waals surface area contributed by atoms with Crippen LogP contribution < -0.4 is 5.73 Å². The van der Waals surface area contributed by atoms with Crippen molar-refractivity contribution >= 4 is 29.3 Å². The van der Waals surface area contributed by atoms with E-state index in [1.807, 2.05) is 4.57 Å². The molecule has 0 aromatic carbocycles. The van der Waals surface area contributed by atoms with Crippen LogP contribution in [0.5, 0.6) is 0 Å². The lowest BCUT2D eigenvalue weighted by Crippen LogP contribution is -2.09. The molecule has 3 N–H and O–H groups in total. The molecule has 1 saturated heterocycles. The summed E-state index contributed by atoms with van der Waals surface area (Å²) in [6.07, 6.45) is 3.97. The highest BCUT2D eigenvalue weighted by atomic mass is 32.1. The summed E-state index contributed by atoms with van der Waals surface area (Å²) in [4.78, 5) is 11.3. The first-order valence-corrected chi connectivity index (χ1v) is 5.94. The van der Waals surface area contributed by atoms with Crippen LogP contribution in [0.3, 0.4) is 0 Å². The maximum Gasteiger partial charge on any atom is 0.200 e. The molecule has 2 aromatic heterocycles. The van der Waals surface area contributed by atoms with Crippen LogP contribution in [0.1, 0.15) is 26.0 Å². The fourth-order valence-corrected chi connectivity index (χ4v) is 2.39. The third-order valence-corrected chi connectivity index (χ3v) is 3.27. The van der Waals surface area contributed by atoms with Gasteiger partial charge in [0.25, 0.3) is 0 Å². The smallest absolute Gasteiger partial charge is 0.200 e. The molecule has 2 atom stereocenters. The van der Waals surface area contributed by atoms with E-state index in [9.17, 15) is 0 Å². The SMILES string of the molecule is C[C@@H]1CC[C@H](n2cnc3c(=S)[nH]c(N)nc32)O1. The second-order valence-electron chi connectivity index (χ2n) is 4.25. The van der Waals surface area contributed by atoms with Crippen molar-refractivity contribution in [1.29, 1.82) is 0 Å². The number of nitrogens with zero attached hydrogens (tertiary/aromatic N) is 3. The van der Waals surface area contributed by atoms with Crippen molar-refractivity contribution in [2.45, 2.75) is 32.1 Å². The molecule has 0 radical (unpaired) electrons. The number of aromatic nitrogens is 4. The van der Waals surface area contributed by atoms with E-state index in [0.29, 0.717) is 21.8 Å². The zero-order chi connectivity index (χ0) is 12.0. The molecule has 0 spiro atoms. The third-order valence-electron chi connectivity index (χ3n) is 2.97. The number of nitrogen functional groups attached to an aromatic ring is 1. The molecule has 3 heterocycles. The van der Waals surface area contributed by atoms with Crippen molar-refractivity contribution in [2.24, 2.45) is 0 Å². The average Bonchev–Trinajstić information content (AvgIpc) is 2.83. The Bertz CT molecular complexity index is 619. The molecule has 1 fully saturated rings. The number of hydrogen-bond acceptors (Lipinski definition) is 5. The van der Waals surface area contributed by atoms with E-state index < -0.39 is 0 Å². The van der Waals surface area contributed by atoms with Crippen molar-refractivity contribution in [3.8, 4) is 0 Å². The Morgan fingerprint density at radius 2 is 2.41 bits per heavy atom. The fraction of sp³-hybridized carbons (Fsp3) is 0.500. The second kappa shape index (κ2) is 3.78. The van der Waals surface area contributed by atoms with Crippen LogP contribution in [0, 0.1) is 4.64 Å². The fourth-order valence-electron chi connectivity index (χ4n) is 2.14. The van der Waals surface area contributed by atoms with Crippen molar-refractivity contribution in [3.05, 3.63) is 11.0 Å². The Labute approximate surface area is 103 Å². The number of hydrogen-bond donors (Lipinski definition) is 2. The van der Waals surface area contributed by atoms with Gasteiger partial charge < -0.3 is 15.5 Å². The molecule has 1 aliphatic rings. The van der Waals surface area contributed by atoms with Gasteiger partial charge in [-0.3, -0.25) is 4.57 Å². The minimum atomic E-state index is -0.0151. The molecule has 3 rings (SSSR count). The van der Waals surface area contributed by atoms with E-state index >= 15 is 0 Å². The largest absolute Gasteiger partial charge is 0.369 e. The quantitative estimate of drug-likeness (QED) is 0.755. The van der Waals surface area contributed by atoms with Crippen molar-refractivity contribution in [1.82, 2.24) is 19.5 Å². The van der Waals surface area contributed by atoms with Crippen LogP contribution in [0.4, 0.5) is 5.95 Å². The van der Waals surface area contributed by atoms with Gasteiger partial charge in [-0.05, 0) is 19.8 Å². The summed E-state index contributed by atoms with van der Waals surface area (Å²) in [7, 11) is 0. The summed E-state index contributed by atoms with van der Waals surface area (Å²) in [5.74, 6) is 0.301. The predicted octanol–water partition coefficient (Wildman–Crippen LogP) is 1.77. The second-order valence-corrected chi connectivity index (χ2v) is 4.66. The normalized spacial score (nSPS) is 24.5. The minimum absolute atomic E-state index is 0.0151. The van der Waals surface area contributed by atoms with Crippen molar-refractivity contribution in [2.75, 3.05) is 5.73 Å². The maximum atomic E-state index is 5.79. The topological polar surface area (TPSA) is 81.8 Å². The summed E-state index contributed by atoms with van der Waals surface area (Å²) in [5.41, 5.74) is 7.01. The van der Waals surface area contributed by atoms with Gasteiger partial charge in [-0.1, -0.05) is 12.2 Å². The molecule has 0 aliphatic carbocycles. The maximum absolute atomic E-state index is 5.79. The summed E-state index contributed by atoms with van der Waals surface area (Å²) in [5, 5.41) is 0. The van der Waals surface area contributed by atoms with E-state index in [1.54, 1.807) is 6.33 Å². The Morgan fingerprint density at radius 3 is 3.12 bits per heavy atom. The van der Waals surface area contributed by atoms with Crippen molar-refractivity contribution in [3.63, 3.8) is 0 Å². The Balaban J connectivity index is 2.15. The minimum Gasteiger partial charge on any atom is -0.369 e. The van der Waals surface area contributed by atoms with Gasteiger partial charge in [-0.25, -0.2) is 4.98 Å². The summed E-state index contributed by atoms with van der Waals surface area (Å²) < 4.78 is 8.20. The van der Waals surface area contributed by atoms with Gasteiger partial charge in [0.1, 0.15) is 16.4 Å². The zero-order valence-corrected chi connectivity index (χ0v) is 10.2. The highest BCUT2D eigenvalue weighted by Crippen LogP contribution is 2.30. The summed E-state index contributed by atoms with van der Waals surface area (Å²) in [6.45, 7) is 2.06. The first-order chi connectivity index (χ1) is 8.15. The van der Waals surface area contributed by atoms with Crippen LogP contribution >= 0.6 is 12.2 Å². The molecule has 0 amide bonds. The van der Waals surface area contributed by atoms with Gasteiger partial charge in [0, 0.05) is 0 Å². The molecule has 0 saturated carbocycles. The van der Waals surface area contributed by atoms with E-state index in [-0.39, 0.29) is 12.3 Å². The molecule has 2 aromatic rings. The number of imidazole rings is 1. The lowest BCUT2D eigenvalue weighted by atomic mass is 10.2. The van der Waals surface area contributed by atoms with E-state index in [1.165, 1.54) is 0 Å². The standard InChI is InChI=1S/C10H13N5OS/c1-5-2-3-6(16-5)15-4-12-7-8(15)13-10(11)14-9(7)17/h4-6H,2-3H2,1H3,(H3,11,13,14,17)/t5-,6-/m1/s1. The molecule has 17 heavy (non-hydrogen) atoms. The first-order valence-electron chi connectivity index (χ1n) is 5.53. The van der Waals surface area contributed by atoms with Gasteiger partial charge in [0.05, 0.1) is 12.4 Å². The van der Waals surface area contributed by atoms with Crippen LogP contribution in [-0.2, 0) is 4.74 Å². The zero-order valence-electron chi connectivity index (χ0n) is 9.38. The molecule has 7 heteroatoms. The summed E-state index contributed by atoms with van der Waals surface area (Å²) in [6, 6.07) is 0. The monoisotopic (exact) mass is 251 g/mol. The molecule has 90 valence electrons. The molecule has 6 nitrogen and oxygen atoms in total. The number of fused-ring (bicyclic) bond motifs is 1. The number of ether oxygens (including phenoxy) is 1. The van der Waals surface area contributed by atoms with Crippen LogP contribution in [-0.4, -0.2) is 25.6 Å². The van der Waals surface area contributed by atoms with E-state index in [4.69, 9.17) is 22.7 Å². The number of rotatable bonds is 1. The molecular weight excluding hydrogens is 238 g/mol. The lowest BCUT2D eigenvalue weighted by Gasteiger charge is -2.12. The third kappa shape index (κ3) is 1.71. The number of H-pyrrole nitrogens is 1. The first kappa shape index (κ1) is 10.7. The van der Waals surface area contributed by atoms with E-state index in [0.717, 1.165) is 12.8 Å². The Hall–Kier alpha value is -1.47. The molecule has 0 bridgehead atoms. The molecule has 1 aliphatic heterocycles. The van der Waals surface area contributed by atoms with E-state index in [2.05, 4.69) is 21.9 Å². The number of anilines is 1. The number of nitrogens with two attached hydrogens (primary N) is 1. The van der Waals surface area contributed by atoms with Crippen LogP contribution in [0.15, 0.2) is 6.33 Å². The Kier molecular flexibility index (Phi) is 2.37. The van der Waals surface area contributed by atoms with Crippen LogP contribution in [0.25, 0.3) is 11.2 Å². The lowest BCUT2D eigenvalue weighted by molar-refractivity contribution is 0.0132. The number of nitrogens with one attached hydrogen (secondary N) is 1. The van der Waals surface area contributed by atoms with Gasteiger partial charge in [-0.15, -0.1) is 0 Å². The highest BCUT2D eigenvalue weighted by molar-refractivity contribution is 7.71. The predicted molar refractivity (Wildman–Crippen MR) is 65.9 cm³/mol. The van der Waals surface area contributed by atoms with Crippen molar-refractivity contribution < 1.29 is 4.74 Å². The van der Waals surface area contributed by atoms with Gasteiger partial charge >= 0.3 is 0 Å². The van der Waals surface area contributed by atoms with Gasteiger partial charge in [0.15, 0.2) is 5.65 Å². The molecule has 0 unspecified atom stereocenters. The highest BCUT2D eigenvalue weighted by Gasteiger charge is 2.25. The van der Waals surface area contributed by atoms with Gasteiger partial charge in [0.2, 0.25) is 5.95 Å². The van der Waals surface area contributed by atoms with Crippen LogP contribution in [0.2, 0.25) is 0 Å². The molecular formula is C10H13N5OS. The van der Waals surface area contributed by atoms with Gasteiger partial charge in [-0.2, -0.15) is 4.98 Å². The Morgan fingerprint density at radius 1 is 1.59 bits per heavy atom.